The van der Waals surface area contributed by atoms with Crippen LogP contribution in [0, 0.1) is 0 Å². The van der Waals surface area contributed by atoms with E-state index in [2.05, 4.69) is 5.32 Å². The third kappa shape index (κ3) is 6.25. The Labute approximate surface area is 126 Å². The highest BCUT2D eigenvalue weighted by molar-refractivity contribution is 5.68. The number of carbonyl (C=O) groups is 1. The van der Waals surface area contributed by atoms with Crippen LogP contribution >= 0.6 is 0 Å². The van der Waals surface area contributed by atoms with Gasteiger partial charge in [0.05, 0.1) is 6.54 Å². The molecule has 0 spiro atoms. The molecule has 1 aliphatic heterocycles. The van der Waals surface area contributed by atoms with E-state index in [4.69, 9.17) is 14.2 Å². The summed E-state index contributed by atoms with van der Waals surface area (Å²) in [4.78, 5) is 13.9. The van der Waals surface area contributed by atoms with Crippen LogP contribution in [-0.2, 0) is 14.2 Å². The lowest BCUT2D eigenvalue weighted by Gasteiger charge is -2.27. The summed E-state index contributed by atoms with van der Waals surface area (Å²) in [6.07, 6.45) is 4.68. The Balaban J connectivity index is 1.80. The van der Waals surface area contributed by atoms with E-state index in [0.717, 1.165) is 13.0 Å². The average molecular weight is 298 g/mol. The van der Waals surface area contributed by atoms with E-state index in [1.165, 1.54) is 12.8 Å². The van der Waals surface area contributed by atoms with Crippen LogP contribution in [0.4, 0.5) is 4.79 Å². The van der Waals surface area contributed by atoms with Crippen LogP contribution in [-0.4, -0.2) is 49.1 Å². The first-order valence-electron chi connectivity index (χ1n) is 7.59. The first-order chi connectivity index (χ1) is 9.94. The fourth-order valence-electron chi connectivity index (χ4n) is 1.97. The fourth-order valence-corrected chi connectivity index (χ4v) is 1.97. The molecule has 21 heavy (non-hydrogen) atoms. The van der Waals surface area contributed by atoms with Gasteiger partial charge >= 0.3 is 6.09 Å². The van der Waals surface area contributed by atoms with Crippen molar-refractivity contribution >= 4 is 6.09 Å². The standard InChI is InChI=1S/C15H26N2O4/c1-15(2,3)21-14(18)17(9-13-10-19-11-20-13)8-4-7-16-12-5-6-12/h10,12,16H,4-9,11H2,1-3H3. The third-order valence-corrected chi connectivity index (χ3v) is 3.14. The molecule has 6 heteroatoms. The maximum Gasteiger partial charge on any atom is 0.410 e. The first kappa shape index (κ1) is 15.9. The van der Waals surface area contributed by atoms with Gasteiger partial charge in [0.25, 0.3) is 0 Å². The maximum atomic E-state index is 12.2. The second-order valence-corrected chi connectivity index (χ2v) is 6.50. The van der Waals surface area contributed by atoms with Gasteiger partial charge in [-0.25, -0.2) is 4.79 Å². The molecular weight excluding hydrogens is 272 g/mol. The molecule has 0 atom stereocenters. The SMILES string of the molecule is CC(C)(C)OC(=O)N(CCCNC1CC1)CC1=COCO1. The molecule has 1 saturated carbocycles. The molecule has 1 N–H and O–H groups in total. The summed E-state index contributed by atoms with van der Waals surface area (Å²) in [7, 11) is 0. The quantitative estimate of drug-likeness (QED) is 0.730. The van der Waals surface area contributed by atoms with Crippen LogP contribution in [0.3, 0.4) is 0 Å². The lowest BCUT2D eigenvalue weighted by atomic mass is 10.2. The zero-order chi connectivity index (χ0) is 15.3. The molecule has 0 aromatic carbocycles. The third-order valence-electron chi connectivity index (χ3n) is 3.14. The van der Waals surface area contributed by atoms with Crippen molar-refractivity contribution in [1.29, 1.82) is 0 Å². The van der Waals surface area contributed by atoms with E-state index in [9.17, 15) is 4.79 Å². The molecule has 0 radical (unpaired) electrons. The van der Waals surface area contributed by atoms with Crippen LogP contribution < -0.4 is 5.32 Å². The summed E-state index contributed by atoms with van der Waals surface area (Å²) in [6, 6.07) is 0.689. The molecule has 1 fully saturated rings. The monoisotopic (exact) mass is 298 g/mol. The van der Waals surface area contributed by atoms with E-state index >= 15 is 0 Å². The number of rotatable bonds is 7. The molecule has 1 aliphatic carbocycles. The first-order valence-corrected chi connectivity index (χ1v) is 7.59. The molecule has 0 aromatic heterocycles. The highest BCUT2D eigenvalue weighted by atomic mass is 16.7. The molecule has 0 saturated heterocycles. The van der Waals surface area contributed by atoms with Gasteiger partial charge in [0.15, 0.2) is 5.76 Å². The predicted octanol–water partition coefficient (Wildman–Crippen LogP) is 2.21. The second kappa shape index (κ2) is 7.02. The van der Waals surface area contributed by atoms with Crippen molar-refractivity contribution < 1.29 is 19.0 Å². The van der Waals surface area contributed by atoms with Gasteiger partial charge in [0.2, 0.25) is 6.79 Å². The number of hydrogen-bond donors (Lipinski definition) is 1. The fraction of sp³-hybridized carbons (Fsp3) is 0.800. The molecular formula is C15H26N2O4. The van der Waals surface area contributed by atoms with Crippen LogP contribution in [0.2, 0.25) is 0 Å². The largest absolute Gasteiger partial charge is 0.462 e. The number of hydrogen-bond acceptors (Lipinski definition) is 5. The normalized spacial score (nSPS) is 17.8. The highest BCUT2D eigenvalue weighted by Gasteiger charge is 2.24. The lowest BCUT2D eigenvalue weighted by Crippen LogP contribution is -2.39. The van der Waals surface area contributed by atoms with Crippen molar-refractivity contribution in [2.45, 2.75) is 51.7 Å². The van der Waals surface area contributed by atoms with Crippen LogP contribution in [0.5, 0.6) is 0 Å². The van der Waals surface area contributed by atoms with Crippen molar-refractivity contribution in [1.82, 2.24) is 10.2 Å². The van der Waals surface area contributed by atoms with Gasteiger partial charge in [-0.3, -0.25) is 0 Å². The molecule has 6 nitrogen and oxygen atoms in total. The van der Waals surface area contributed by atoms with Crippen LogP contribution in [0.15, 0.2) is 12.0 Å². The van der Waals surface area contributed by atoms with Gasteiger partial charge in [-0.1, -0.05) is 0 Å². The Hall–Kier alpha value is -1.43. The Morgan fingerprint density at radius 3 is 2.81 bits per heavy atom. The van der Waals surface area contributed by atoms with Crippen molar-refractivity contribution in [3.63, 3.8) is 0 Å². The molecule has 120 valence electrons. The van der Waals surface area contributed by atoms with Gasteiger partial charge in [-0.15, -0.1) is 0 Å². The summed E-state index contributed by atoms with van der Waals surface area (Å²) >= 11 is 0. The molecule has 2 aliphatic rings. The van der Waals surface area contributed by atoms with Crippen molar-refractivity contribution in [2.24, 2.45) is 0 Å². The van der Waals surface area contributed by atoms with E-state index < -0.39 is 5.60 Å². The number of nitrogens with one attached hydrogen (secondary N) is 1. The van der Waals surface area contributed by atoms with E-state index in [0.29, 0.717) is 24.9 Å². The molecule has 1 heterocycles. The minimum Gasteiger partial charge on any atom is -0.462 e. The topological polar surface area (TPSA) is 60.0 Å². The van der Waals surface area contributed by atoms with E-state index in [-0.39, 0.29) is 12.9 Å². The van der Waals surface area contributed by atoms with E-state index in [1.807, 2.05) is 20.8 Å². The Kier molecular flexibility index (Phi) is 5.33. The Bertz CT molecular complexity index is 386. The number of carbonyl (C=O) groups excluding carboxylic acids is 1. The maximum absolute atomic E-state index is 12.2. The minimum atomic E-state index is -0.497. The summed E-state index contributed by atoms with van der Waals surface area (Å²) < 4.78 is 15.8. The summed E-state index contributed by atoms with van der Waals surface area (Å²) in [5.41, 5.74) is -0.497. The Morgan fingerprint density at radius 2 is 2.24 bits per heavy atom. The van der Waals surface area contributed by atoms with Crippen molar-refractivity contribution in [2.75, 3.05) is 26.4 Å². The van der Waals surface area contributed by atoms with Gasteiger partial charge < -0.3 is 24.4 Å². The van der Waals surface area contributed by atoms with Gasteiger partial charge in [-0.2, -0.15) is 0 Å². The molecule has 0 aromatic rings. The minimum absolute atomic E-state index is 0.223. The summed E-state index contributed by atoms with van der Waals surface area (Å²) in [6.45, 7) is 7.76. The number of amides is 1. The number of nitrogens with zero attached hydrogens (tertiary/aromatic N) is 1. The van der Waals surface area contributed by atoms with Crippen LogP contribution in [0.1, 0.15) is 40.0 Å². The van der Waals surface area contributed by atoms with Crippen molar-refractivity contribution in [3.8, 4) is 0 Å². The average Bonchev–Trinajstić information content (AvgIpc) is 3.06. The van der Waals surface area contributed by atoms with Gasteiger partial charge in [0.1, 0.15) is 11.9 Å². The Morgan fingerprint density at radius 1 is 1.48 bits per heavy atom. The van der Waals surface area contributed by atoms with E-state index in [1.54, 1.807) is 11.2 Å². The highest BCUT2D eigenvalue weighted by Crippen LogP contribution is 2.18. The van der Waals surface area contributed by atoms with Crippen molar-refractivity contribution in [3.05, 3.63) is 12.0 Å². The van der Waals surface area contributed by atoms with Gasteiger partial charge in [-0.05, 0) is 46.6 Å². The summed E-state index contributed by atoms with van der Waals surface area (Å²) in [5.74, 6) is 0.663. The van der Waals surface area contributed by atoms with Gasteiger partial charge in [0, 0.05) is 12.6 Å². The molecule has 2 rings (SSSR count). The molecule has 0 bridgehead atoms. The summed E-state index contributed by atoms with van der Waals surface area (Å²) in [5, 5.41) is 3.44. The zero-order valence-electron chi connectivity index (χ0n) is 13.2. The molecule has 1 amide bonds. The second-order valence-electron chi connectivity index (χ2n) is 6.50. The zero-order valence-corrected chi connectivity index (χ0v) is 13.2. The lowest BCUT2D eigenvalue weighted by molar-refractivity contribution is 0.0212. The number of ether oxygens (including phenoxy) is 3. The van der Waals surface area contributed by atoms with Crippen LogP contribution in [0.25, 0.3) is 0 Å². The predicted molar refractivity (Wildman–Crippen MR) is 78.6 cm³/mol. The molecule has 0 unspecified atom stereocenters. The smallest absolute Gasteiger partial charge is 0.410 e.